The zero-order valence-electron chi connectivity index (χ0n) is 17.3. The van der Waals surface area contributed by atoms with Gasteiger partial charge in [0.2, 0.25) is 0 Å². The van der Waals surface area contributed by atoms with E-state index in [1.165, 1.54) is 22.5 Å². The number of nitrogens with one attached hydrogen (secondary N) is 1. The third kappa shape index (κ3) is 3.65. The van der Waals surface area contributed by atoms with E-state index in [9.17, 15) is 0 Å². The van der Waals surface area contributed by atoms with Crippen molar-refractivity contribution in [1.29, 1.82) is 0 Å². The Labute approximate surface area is 177 Å². The lowest BCUT2D eigenvalue weighted by molar-refractivity contribution is 0.309. The van der Waals surface area contributed by atoms with Crippen LogP contribution in [0.2, 0.25) is 0 Å². The van der Waals surface area contributed by atoms with Crippen molar-refractivity contribution in [2.75, 3.05) is 0 Å². The summed E-state index contributed by atoms with van der Waals surface area (Å²) in [5, 5.41) is 4.31. The molecule has 0 radical (unpaired) electrons. The van der Waals surface area contributed by atoms with Gasteiger partial charge in [0.15, 0.2) is 5.11 Å². The molecule has 4 heterocycles. The maximum atomic E-state index is 5.79. The van der Waals surface area contributed by atoms with Crippen LogP contribution in [0.4, 0.5) is 0 Å². The highest BCUT2D eigenvalue weighted by molar-refractivity contribution is 7.80. The van der Waals surface area contributed by atoms with Crippen molar-refractivity contribution >= 4 is 17.3 Å². The summed E-state index contributed by atoms with van der Waals surface area (Å²) in [6.07, 6.45) is 5.51. The Morgan fingerprint density at radius 3 is 2.48 bits per heavy atom. The second kappa shape index (κ2) is 7.95. The van der Waals surface area contributed by atoms with Crippen LogP contribution in [0, 0.1) is 13.8 Å². The molecule has 29 heavy (non-hydrogen) atoms. The molecule has 0 spiro atoms. The Balaban J connectivity index is 1.81. The lowest BCUT2D eigenvalue weighted by Crippen LogP contribution is -2.29. The lowest BCUT2D eigenvalue weighted by atomic mass is 9.96. The van der Waals surface area contributed by atoms with Gasteiger partial charge in [-0.25, -0.2) is 0 Å². The van der Waals surface area contributed by atoms with Gasteiger partial charge in [-0.15, -0.1) is 0 Å². The van der Waals surface area contributed by atoms with E-state index in [4.69, 9.17) is 12.2 Å². The van der Waals surface area contributed by atoms with Crippen LogP contribution in [-0.4, -0.2) is 24.5 Å². The van der Waals surface area contributed by atoms with Crippen LogP contribution in [0.3, 0.4) is 0 Å². The summed E-state index contributed by atoms with van der Waals surface area (Å²) in [6.45, 7) is 9.58. The highest BCUT2D eigenvalue weighted by atomic mass is 32.1. The van der Waals surface area contributed by atoms with E-state index < -0.39 is 0 Å². The van der Waals surface area contributed by atoms with E-state index in [1.807, 2.05) is 42.9 Å². The first-order chi connectivity index (χ1) is 14.0. The Bertz CT molecular complexity index is 997. The summed E-state index contributed by atoms with van der Waals surface area (Å²) in [4.78, 5) is 11.1. The van der Waals surface area contributed by atoms with Crippen molar-refractivity contribution in [2.24, 2.45) is 0 Å². The molecule has 3 aromatic rings. The molecule has 0 aliphatic carbocycles. The van der Waals surface area contributed by atoms with Gasteiger partial charge >= 0.3 is 0 Å². The van der Waals surface area contributed by atoms with Gasteiger partial charge in [-0.05, 0) is 81.4 Å². The van der Waals surface area contributed by atoms with Crippen LogP contribution in [0.1, 0.15) is 60.2 Å². The fraction of sp³-hybridized carbons (Fsp3) is 0.348. The second-order valence-corrected chi connectivity index (χ2v) is 8.29. The Morgan fingerprint density at radius 1 is 1.10 bits per heavy atom. The standard InChI is InChI=1S/C23H27N5S/c1-15(2)28-16(3)13-19(17(28)4)22-21(20-7-5-6-10-25-20)26-23(29)27(22)14-18-8-11-24-12-9-18/h5-13,15,21-22H,14H2,1-4H3,(H,26,29)/t21-,22+/m0/s1. The number of thiocarbonyl (C=S) groups is 1. The Kier molecular flexibility index (Phi) is 5.37. The second-order valence-electron chi connectivity index (χ2n) is 7.90. The Morgan fingerprint density at radius 2 is 1.86 bits per heavy atom. The van der Waals surface area contributed by atoms with Crippen molar-refractivity contribution in [3.8, 4) is 0 Å². The molecule has 2 atom stereocenters. The lowest BCUT2D eigenvalue weighted by Gasteiger charge is -2.28. The third-order valence-electron chi connectivity index (χ3n) is 5.66. The summed E-state index contributed by atoms with van der Waals surface area (Å²) in [5.41, 5.74) is 6.05. The van der Waals surface area contributed by atoms with E-state index in [2.05, 4.69) is 64.6 Å². The molecular weight excluding hydrogens is 378 g/mol. The maximum Gasteiger partial charge on any atom is 0.170 e. The van der Waals surface area contributed by atoms with Gasteiger partial charge < -0.3 is 14.8 Å². The quantitative estimate of drug-likeness (QED) is 0.626. The van der Waals surface area contributed by atoms with Gasteiger partial charge in [0.05, 0.1) is 17.8 Å². The number of nitrogens with zero attached hydrogens (tertiary/aromatic N) is 4. The fourth-order valence-electron chi connectivity index (χ4n) is 4.50. The molecule has 1 aliphatic rings. The molecule has 150 valence electrons. The number of aryl methyl sites for hydroxylation is 1. The summed E-state index contributed by atoms with van der Waals surface area (Å²) in [5.74, 6) is 0. The molecule has 1 N–H and O–H groups in total. The molecule has 0 unspecified atom stereocenters. The van der Waals surface area contributed by atoms with Crippen LogP contribution >= 0.6 is 12.2 Å². The van der Waals surface area contributed by atoms with E-state index in [-0.39, 0.29) is 12.1 Å². The van der Waals surface area contributed by atoms with E-state index in [1.54, 1.807) is 0 Å². The van der Waals surface area contributed by atoms with Crippen LogP contribution in [0.5, 0.6) is 0 Å². The molecule has 1 aliphatic heterocycles. The molecular formula is C23H27N5S. The predicted octanol–water partition coefficient (Wildman–Crippen LogP) is 4.65. The summed E-state index contributed by atoms with van der Waals surface area (Å²) >= 11 is 5.79. The molecule has 0 aromatic carbocycles. The fourth-order valence-corrected chi connectivity index (χ4v) is 4.80. The molecule has 3 aromatic heterocycles. The average molecular weight is 406 g/mol. The zero-order valence-corrected chi connectivity index (χ0v) is 18.1. The summed E-state index contributed by atoms with van der Waals surface area (Å²) < 4.78 is 2.40. The molecule has 4 rings (SSSR count). The molecule has 0 amide bonds. The van der Waals surface area contributed by atoms with Crippen molar-refractivity contribution in [1.82, 2.24) is 24.8 Å². The van der Waals surface area contributed by atoms with Crippen LogP contribution in [0.25, 0.3) is 0 Å². The first-order valence-corrected chi connectivity index (χ1v) is 10.4. The predicted molar refractivity (Wildman–Crippen MR) is 120 cm³/mol. The minimum Gasteiger partial charge on any atom is -0.352 e. The largest absolute Gasteiger partial charge is 0.352 e. The minimum absolute atomic E-state index is 0.00616. The highest BCUT2D eigenvalue weighted by Gasteiger charge is 2.41. The first-order valence-electron chi connectivity index (χ1n) is 10.0. The smallest absolute Gasteiger partial charge is 0.170 e. The van der Waals surface area contributed by atoms with Gasteiger partial charge in [-0.3, -0.25) is 9.97 Å². The molecule has 6 heteroatoms. The normalized spacial score (nSPS) is 19.1. The van der Waals surface area contributed by atoms with E-state index in [0.29, 0.717) is 6.04 Å². The van der Waals surface area contributed by atoms with Gasteiger partial charge in [0.1, 0.15) is 0 Å². The molecule has 1 fully saturated rings. The SMILES string of the molecule is Cc1cc([C@@H]2[C@H](c3ccccn3)NC(=S)N2Cc2ccncc2)c(C)n1C(C)C. The molecule has 0 saturated carbocycles. The average Bonchev–Trinajstić information content (AvgIpc) is 3.19. The minimum atomic E-state index is 0.00616. The number of hydrogen-bond acceptors (Lipinski definition) is 3. The van der Waals surface area contributed by atoms with Crippen molar-refractivity contribution in [3.05, 3.63) is 83.2 Å². The van der Waals surface area contributed by atoms with Gasteiger partial charge in [0.25, 0.3) is 0 Å². The monoisotopic (exact) mass is 405 g/mol. The molecule has 0 bridgehead atoms. The van der Waals surface area contributed by atoms with Crippen molar-refractivity contribution in [2.45, 2.75) is 52.4 Å². The van der Waals surface area contributed by atoms with Gasteiger partial charge in [-0.1, -0.05) is 6.07 Å². The topological polar surface area (TPSA) is 46.0 Å². The molecule has 5 nitrogen and oxygen atoms in total. The maximum absolute atomic E-state index is 5.79. The third-order valence-corrected chi connectivity index (χ3v) is 6.01. The van der Waals surface area contributed by atoms with Crippen molar-refractivity contribution in [3.63, 3.8) is 0 Å². The summed E-state index contributed by atoms with van der Waals surface area (Å²) in [6, 6.07) is 13.0. The number of rotatable bonds is 5. The molecule has 1 saturated heterocycles. The highest BCUT2D eigenvalue weighted by Crippen LogP contribution is 2.42. The van der Waals surface area contributed by atoms with E-state index >= 15 is 0 Å². The number of hydrogen-bond donors (Lipinski definition) is 1. The van der Waals surface area contributed by atoms with Gasteiger partial charge in [0, 0.05) is 42.6 Å². The number of aromatic nitrogens is 3. The van der Waals surface area contributed by atoms with Crippen LogP contribution in [-0.2, 0) is 6.54 Å². The van der Waals surface area contributed by atoms with E-state index in [0.717, 1.165) is 17.4 Å². The Hall–Kier alpha value is -2.73. The first kappa shape index (κ1) is 19.6. The van der Waals surface area contributed by atoms with Crippen LogP contribution in [0.15, 0.2) is 55.0 Å². The van der Waals surface area contributed by atoms with Gasteiger partial charge in [-0.2, -0.15) is 0 Å². The number of pyridine rings is 2. The van der Waals surface area contributed by atoms with Crippen molar-refractivity contribution < 1.29 is 0 Å². The zero-order chi connectivity index (χ0) is 20.5. The van der Waals surface area contributed by atoms with Crippen LogP contribution < -0.4 is 5.32 Å². The summed E-state index contributed by atoms with van der Waals surface area (Å²) in [7, 11) is 0.